The number of aromatic nitrogens is 2. The molecule has 1 aromatic rings. The highest BCUT2D eigenvalue weighted by atomic mass is 16.1. The van der Waals surface area contributed by atoms with E-state index in [1.165, 1.54) is 38.3 Å². The molecule has 0 bridgehead atoms. The van der Waals surface area contributed by atoms with Gasteiger partial charge < -0.3 is 4.98 Å². The number of hydrogen-bond acceptors (Lipinski definition) is 2. The molecule has 0 saturated heterocycles. The smallest absolute Gasteiger partial charge is 0.266 e. The lowest BCUT2D eigenvalue weighted by Crippen LogP contribution is -2.08. The van der Waals surface area contributed by atoms with E-state index in [2.05, 4.69) is 16.9 Å². The van der Waals surface area contributed by atoms with E-state index in [0.29, 0.717) is 0 Å². The fourth-order valence-electron chi connectivity index (χ4n) is 1.64. The molecule has 0 atom stereocenters. The second-order valence-electron chi connectivity index (χ2n) is 3.94. The minimum absolute atomic E-state index is 0.0986. The van der Waals surface area contributed by atoms with Gasteiger partial charge in [-0.25, -0.2) is 0 Å². The number of unbranched alkanes of at least 4 members (excludes halogenated alkanes) is 5. The predicted octanol–water partition coefficient (Wildman–Crippen LogP) is 2.67. The Bertz CT molecular complexity index is 319. The second kappa shape index (κ2) is 7.21. The number of rotatable bonds is 7. The molecule has 0 aliphatic heterocycles. The molecule has 0 amide bonds. The molecule has 1 aromatic heterocycles. The van der Waals surface area contributed by atoms with Crippen molar-refractivity contribution in [2.45, 2.75) is 51.9 Å². The topological polar surface area (TPSA) is 45.8 Å². The Kier molecular flexibility index (Phi) is 5.74. The summed E-state index contributed by atoms with van der Waals surface area (Å²) in [7, 11) is 0. The maximum atomic E-state index is 10.9. The van der Waals surface area contributed by atoms with Crippen LogP contribution in [0, 0.1) is 0 Å². The van der Waals surface area contributed by atoms with E-state index in [0.717, 1.165) is 18.5 Å². The van der Waals surface area contributed by atoms with Gasteiger partial charge in [0.05, 0.1) is 6.20 Å². The van der Waals surface area contributed by atoms with Crippen molar-refractivity contribution in [2.24, 2.45) is 0 Å². The molecular weight excluding hydrogens is 188 g/mol. The zero-order valence-electron chi connectivity index (χ0n) is 9.46. The quantitative estimate of drug-likeness (QED) is 0.700. The van der Waals surface area contributed by atoms with Crippen molar-refractivity contribution in [1.29, 1.82) is 0 Å². The highest BCUT2D eigenvalue weighted by Crippen LogP contribution is 2.07. The third-order valence-electron chi connectivity index (χ3n) is 2.51. The van der Waals surface area contributed by atoms with E-state index >= 15 is 0 Å². The molecule has 1 rings (SSSR count). The second-order valence-corrected chi connectivity index (χ2v) is 3.94. The summed E-state index contributed by atoms with van der Waals surface area (Å²) >= 11 is 0. The van der Waals surface area contributed by atoms with E-state index in [1.807, 2.05) is 0 Å². The molecule has 3 nitrogen and oxygen atoms in total. The van der Waals surface area contributed by atoms with Crippen LogP contribution in [0.3, 0.4) is 0 Å². The largest absolute Gasteiger partial charge is 0.323 e. The van der Waals surface area contributed by atoms with Crippen LogP contribution in [-0.4, -0.2) is 9.97 Å². The van der Waals surface area contributed by atoms with Crippen molar-refractivity contribution in [3.63, 3.8) is 0 Å². The molecular formula is C12H20N2O. The van der Waals surface area contributed by atoms with Gasteiger partial charge >= 0.3 is 0 Å². The van der Waals surface area contributed by atoms with Crippen LogP contribution in [0.1, 0.15) is 51.1 Å². The maximum Gasteiger partial charge on any atom is 0.266 e. The van der Waals surface area contributed by atoms with Gasteiger partial charge in [0.2, 0.25) is 0 Å². The average Bonchev–Trinajstić information content (AvgIpc) is 2.23. The Morgan fingerprint density at radius 3 is 2.60 bits per heavy atom. The number of aromatic amines is 1. The summed E-state index contributed by atoms with van der Waals surface area (Å²) in [5.41, 5.74) is 0.858. The summed E-state index contributed by atoms with van der Waals surface area (Å²) in [5, 5.41) is 0. The van der Waals surface area contributed by atoms with Gasteiger partial charge in [-0.1, -0.05) is 39.0 Å². The van der Waals surface area contributed by atoms with Crippen molar-refractivity contribution < 1.29 is 0 Å². The monoisotopic (exact) mass is 208 g/mol. The zero-order chi connectivity index (χ0) is 10.9. The van der Waals surface area contributed by atoms with Crippen molar-refractivity contribution in [3.8, 4) is 0 Å². The lowest BCUT2D eigenvalue weighted by Gasteiger charge is -2.00. The first kappa shape index (κ1) is 12.0. The van der Waals surface area contributed by atoms with Crippen LogP contribution in [0.2, 0.25) is 0 Å². The average molecular weight is 208 g/mol. The first-order chi connectivity index (χ1) is 7.33. The van der Waals surface area contributed by atoms with Gasteiger partial charge in [-0.05, 0) is 12.8 Å². The number of nitrogens with zero attached hydrogens (tertiary/aromatic N) is 1. The van der Waals surface area contributed by atoms with E-state index in [-0.39, 0.29) is 5.56 Å². The maximum absolute atomic E-state index is 10.9. The van der Waals surface area contributed by atoms with Crippen molar-refractivity contribution in [3.05, 3.63) is 28.4 Å². The molecule has 0 aliphatic rings. The van der Waals surface area contributed by atoms with Gasteiger partial charge in [0.25, 0.3) is 5.56 Å². The van der Waals surface area contributed by atoms with Gasteiger partial charge in [-0.2, -0.15) is 0 Å². The lowest BCUT2D eigenvalue weighted by atomic mass is 10.1. The standard InChI is InChI=1S/C12H20N2O/c1-2-3-4-5-6-7-8-11-9-13-10-12(15)14-11/h9-10H,2-8H2,1H3,(H,14,15). The minimum Gasteiger partial charge on any atom is -0.323 e. The summed E-state index contributed by atoms with van der Waals surface area (Å²) in [4.78, 5) is 17.6. The summed E-state index contributed by atoms with van der Waals surface area (Å²) < 4.78 is 0. The molecule has 0 unspecified atom stereocenters. The summed E-state index contributed by atoms with van der Waals surface area (Å²) in [6.07, 6.45) is 11.6. The third kappa shape index (κ3) is 5.35. The molecule has 1 heterocycles. The van der Waals surface area contributed by atoms with Crippen LogP contribution in [0.15, 0.2) is 17.2 Å². The van der Waals surface area contributed by atoms with Gasteiger partial charge in [0.15, 0.2) is 0 Å². The van der Waals surface area contributed by atoms with E-state index in [1.54, 1.807) is 6.20 Å². The van der Waals surface area contributed by atoms with Gasteiger partial charge in [-0.15, -0.1) is 0 Å². The lowest BCUT2D eigenvalue weighted by molar-refractivity contribution is 0.604. The molecule has 0 aromatic carbocycles. The van der Waals surface area contributed by atoms with Crippen molar-refractivity contribution in [1.82, 2.24) is 9.97 Å². The Balaban J connectivity index is 2.12. The molecule has 0 radical (unpaired) electrons. The van der Waals surface area contributed by atoms with Gasteiger partial charge in [-0.3, -0.25) is 9.78 Å². The number of nitrogens with one attached hydrogen (secondary N) is 1. The van der Waals surface area contributed by atoms with Crippen molar-refractivity contribution in [2.75, 3.05) is 0 Å². The van der Waals surface area contributed by atoms with Crippen LogP contribution >= 0.6 is 0 Å². The van der Waals surface area contributed by atoms with Crippen LogP contribution in [0.5, 0.6) is 0 Å². The molecule has 1 N–H and O–H groups in total. The van der Waals surface area contributed by atoms with Crippen LogP contribution in [0.25, 0.3) is 0 Å². The Morgan fingerprint density at radius 1 is 1.13 bits per heavy atom. The molecule has 0 aliphatic carbocycles. The van der Waals surface area contributed by atoms with Crippen LogP contribution in [0.4, 0.5) is 0 Å². The Labute approximate surface area is 91.0 Å². The molecule has 3 heteroatoms. The summed E-state index contributed by atoms with van der Waals surface area (Å²) in [6.45, 7) is 2.22. The molecule has 0 spiro atoms. The molecule has 0 fully saturated rings. The fraction of sp³-hybridized carbons (Fsp3) is 0.667. The first-order valence-corrected chi connectivity index (χ1v) is 5.86. The van der Waals surface area contributed by atoms with Crippen LogP contribution < -0.4 is 5.56 Å². The SMILES string of the molecule is CCCCCCCCc1cncc(=O)[nH]1. The van der Waals surface area contributed by atoms with Crippen LogP contribution in [-0.2, 0) is 6.42 Å². The molecule has 84 valence electrons. The minimum atomic E-state index is -0.0986. The van der Waals surface area contributed by atoms with Gasteiger partial charge in [0, 0.05) is 11.9 Å². The summed E-state index contributed by atoms with van der Waals surface area (Å²) in [6, 6.07) is 0. The Hall–Kier alpha value is -1.12. The molecule has 15 heavy (non-hydrogen) atoms. The highest BCUT2D eigenvalue weighted by Gasteiger charge is 1.95. The third-order valence-corrected chi connectivity index (χ3v) is 2.51. The number of hydrogen-bond donors (Lipinski definition) is 1. The van der Waals surface area contributed by atoms with Gasteiger partial charge in [0.1, 0.15) is 0 Å². The van der Waals surface area contributed by atoms with E-state index < -0.39 is 0 Å². The number of aryl methyl sites for hydroxylation is 1. The fourth-order valence-corrected chi connectivity index (χ4v) is 1.64. The van der Waals surface area contributed by atoms with E-state index in [4.69, 9.17) is 0 Å². The molecule has 0 saturated carbocycles. The zero-order valence-corrected chi connectivity index (χ0v) is 9.46. The van der Waals surface area contributed by atoms with Crippen molar-refractivity contribution >= 4 is 0 Å². The first-order valence-electron chi connectivity index (χ1n) is 5.86. The Morgan fingerprint density at radius 2 is 1.87 bits per heavy atom. The normalized spacial score (nSPS) is 10.5. The summed E-state index contributed by atoms with van der Waals surface area (Å²) in [5.74, 6) is 0. The van der Waals surface area contributed by atoms with E-state index in [9.17, 15) is 4.79 Å². The predicted molar refractivity (Wildman–Crippen MR) is 61.9 cm³/mol. The number of H-pyrrole nitrogens is 1. The highest BCUT2D eigenvalue weighted by molar-refractivity contribution is 4.94.